The largest absolute Gasteiger partial charge is 0.376 e. The summed E-state index contributed by atoms with van der Waals surface area (Å²) in [6.45, 7) is 11.8. The first-order chi connectivity index (χ1) is 20.9. The minimum atomic E-state index is -0.209. The van der Waals surface area contributed by atoms with E-state index in [1.807, 2.05) is 0 Å². The number of anilines is 2. The van der Waals surface area contributed by atoms with Crippen LogP contribution in [-0.2, 0) is 28.9 Å². The first-order valence-electron chi connectivity index (χ1n) is 15.4. The highest BCUT2D eigenvalue weighted by atomic mass is 16.5. The topological polar surface area (TPSA) is 88.8 Å². The van der Waals surface area contributed by atoms with Gasteiger partial charge in [0.2, 0.25) is 5.91 Å². The number of nitriles is 1. The number of carbonyl (C=O) groups is 1. The molecule has 224 valence electrons. The van der Waals surface area contributed by atoms with Gasteiger partial charge in [-0.05, 0) is 49.9 Å². The summed E-state index contributed by atoms with van der Waals surface area (Å²) in [5, 5.41) is 12.1. The zero-order chi connectivity index (χ0) is 29.9. The van der Waals surface area contributed by atoms with E-state index in [0.29, 0.717) is 39.2 Å². The van der Waals surface area contributed by atoms with Gasteiger partial charge in [0.15, 0.2) is 0 Å². The van der Waals surface area contributed by atoms with Crippen molar-refractivity contribution in [3.63, 3.8) is 0 Å². The van der Waals surface area contributed by atoms with Crippen molar-refractivity contribution < 1.29 is 9.53 Å². The summed E-state index contributed by atoms with van der Waals surface area (Å²) in [5.74, 6) is 1.61. The zero-order valence-electron chi connectivity index (χ0n) is 25.3. The molecule has 0 radical (unpaired) electrons. The van der Waals surface area contributed by atoms with Crippen molar-refractivity contribution in [3.8, 4) is 6.07 Å². The fourth-order valence-electron chi connectivity index (χ4n) is 6.89. The second-order valence-electron chi connectivity index (χ2n) is 12.0. The molecule has 0 spiro atoms. The monoisotopic (exact) mass is 579 g/mol. The summed E-state index contributed by atoms with van der Waals surface area (Å²) in [6, 6.07) is 15.1. The van der Waals surface area contributed by atoms with Crippen molar-refractivity contribution in [1.29, 1.82) is 5.26 Å². The van der Waals surface area contributed by atoms with Crippen molar-refractivity contribution in [2.24, 2.45) is 0 Å². The molecule has 2 atom stereocenters. The summed E-state index contributed by atoms with van der Waals surface area (Å²) in [5.41, 5.74) is 4.74. The van der Waals surface area contributed by atoms with Crippen LogP contribution in [0.2, 0.25) is 0 Å². The maximum atomic E-state index is 12.5. The third-order valence-corrected chi connectivity index (χ3v) is 9.12. The molecule has 0 N–H and O–H groups in total. The molecule has 0 saturated carbocycles. The number of amides is 1. The Hall–Kier alpha value is -4.00. The van der Waals surface area contributed by atoms with Gasteiger partial charge in [0.1, 0.15) is 11.6 Å². The number of likely N-dealkylation sites (tertiary alicyclic amines) is 1. The van der Waals surface area contributed by atoms with Crippen molar-refractivity contribution >= 4 is 28.2 Å². The molecular formula is C34H41N7O2. The lowest BCUT2D eigenvalue weighted by molar-refractivity contribution is -0.128. The van der Waals surface area contributed by atoms with E-state index in [0.717, 1.165) is 49.8 Å². The summed E-state index contributed by atoms with van der Waals surface area (Å²) in [6.07, 6.45) is 4.40. The van der Waals surface area contributed by atoms with Gasteiger partial charge in [-0.25, -0.2) is 9.97 Å². The van der Waals surface area contributed by atoms with Crippen LogP contribution in [0.5, 0.6) is 0 Å². The highest BCUT2D eigenvalue weighted by Gasteiger charge is 2.33. The molecule has 43 heavy (non-hydrogen) atoms. The SMILES string of the molecule is C=CC(=O)N1CCN(c2nc(CCO[C@@H]3CCN(C)C3)nc3c2CCN(c2cccc4cccc(C)c24)C3)C[C@@H]1CC#N. The Morgan fingerprint density at radius 1 is 1.12 bits per heavy atom. The molecule has 1 amide bonds. The number of rotatable bonds is 8. The van der Waals surface area contributed by atoms with Crippen LogP contribution in [0.3, 0.4) is 0 Å². The van der Waals surface area contributed by atoms with Crippen molar-refractivity contribution in [3.05, 3.63) is 71.7 Å². The van der Waals surface area contributed by atoms with Crippen LogP contribution in [0.1, 0.15) is 35.5 Å². The van der Waals surface area contributed by atoms with Crippen LogP contribution < -0.4 is 9.80 Å². The number of likely N-dealkylation sites (N-methyl/N-ethyl adjacent to an activating group) is 1. The second-order valence-corrected chi connectivity index (χ2v) is 12.0. The standard InChI is InChI=1S/C34H41N7O2/c1-4-32(42)41-19-18-40(21-26(41)11-15-35)34-28-13-17-39(30-10-6-9-25-8-5-7-24(2)33(25)30)23-29(28)36-31(37-34)14-20-43-27-12-16-38(3)22-27/h4-10,26-27H,1,11-14,16-23H2,2-3H3/t26-,27+/m0/s1. The Balaban J connectivity index is 1.31. The summed E-state index contributed by atoms with van der Waals surface area (Å²) in [4.78, 5) is 31.6. The molecule has 3 aliphatic heterocycles. The van der Waals surface area contributed by atoms with Gasteiger partial charge in [-0.3, -0.25) is 4.79 Å². The number of hydrogen-bond donors (Lipinski definition) is 0. The Morgan fingerprint density at radius 2 is 1.95 bits per heavy atom. The van der Waals surface area contributed by atoms with Crippen LogP contribution in [0.15, 0.2) is 49.1 Å². The Kier molecular flexibility index (Phi) is 8.59. The lowest BCUT2D eigenvalue weighted by atomic mass is 9.99. The van der Waals surface area contributed by atoms with E-state index in [9.17, 15) is 10.1 Å². The molecular weight excluding hydrogens is 538 g/mol. The van der Waals surface area contributed by atoms with Crippen molar-refractivity contribution in [1.82, 2.24) is 19.8 Å². The first kappa shape index (κ1) is 29.1. The number of ether oxygens (including phenoxy) is 1. The second kappa shape index (κ2) is 12.7. The summed E-state index contributed by atoms with van der Waals surface area (Å²) >= 11 is 0. The van der Waals surface area contributed by atoms with Gasteiger partial charge in [-0.15, -0.1) is 0 Å². The van der Waals surface area contributed by atoms with Gasteiger partial charge >= 0.3 is 0 Å². The van der Waals surface area contributed by atoms with E-state index < -0.39 is 0 Å². The Labute approximate surface area is 254 Å². The van der Waals surface area contributed by atoms with Crippen LogP contribution in [0.4, 0.5) is 11.5 Å². The molecule has 3 aliphatic rings. The predicted octanol–water partition coefficient (Wildman–Crippen LogP) is 3.88. The third kappa shape index (κ3) is 6.08. The molecule has 1 aromatic heterocycles. The number of carbonyl (C=O) groups excluding carboxylic acids is 1. The molecule has 2 fully saturated rings. The molecule has 9 nitrogen and oxygen atoms in total. The molecule has 2 saturated heterocycles. The van der Waals surface area contributed by atoms with Gasteiger partial charge < -0.3 is 24.3 Å². The van der Waals surface area contributed by atoms with Crippen LogP contribution in [0, 0.1) is 18.3 Å². The van der Waals surface area contributed by atoms with Gasteiger partial charge in [0.25, 0.3) is 0 Å². The van der Waals surface area contributed by atoms with E-state index in [1.54, 1.807) is 4.90 Å². The van der Waals surface area contributed by atoms with E-state index >= 15 is 0 Å². The molecule has 4 heterocycles. The molecule has 3 aromatic rings. The van der Waals surface area contributed by atoms with Gasteiger partial charge in [-0.2, -0.15) is 5.26 Å². The number of nitrogens with zero attached hydrogens (tertiary/aromatic N) is 7. The smallest absolute Gasteiger partial charge is 0.246 e. The fourth-order valence-corrected chi connectivity index (χ4v) is 6.89. The first-order valence-corrected chi connectivity index (χ1v) is 15.4. The molecule has 0 bridgehead atoms. The van der Waals surface area contributed by atoms with E-state index in [1.165, 1.54) is 33.7 Å². The maximum Gasteiger partial charge on any atom is 0.246 e. The highest BCUT2D eigenvalue weighted by Crippen LogP contribution is 2.35. The minimum absolute atomic E-state index is 0.124. The lowest BCUT2D eigenvalue weighted by Gasteiger charge is -2.42. The summed E-state index contributed by atoms with van der Waals surface area (Å²) < 4.78 is 6.23. The average molecular weight is 580 g/mol. The van der Waals surface area contributed by atoms with Crippen molar-refractivity contribution in [2.75, 3.05) is 62.7 Å². The van der Waals surface area contributed by atoms with Crippen LogP contribution >= 0.6 is 0 Å². The number of piperazine rings is 1. The van der Waals surface area contributed by atoms with Crippen molar-refractivity contribution in [2.45, 2.75) is 51.3 Å². The lowest BCUT2D eigenvalue weighted by Crippen LogP contribution is -2.55. The number of fused-ring (bicyclic) bond motifs is 2. The number of aromatic nitrogens is 2. The quantitative estimate of drug-likeness (QED) is 0.372. The third-order valence-electron chi connectivity index (χ3n) is 9.12. The van der Waals surface area contributed by atoms with Gasteiger partial charge in [0.05, 0.1) is 43.5 Å². The molecule has 9 heteroatoms. The van der Waals surface area contributed by atoms with E-state index in [2.05, 4.69) is 77.7 Å². The molecule has 0 aliphatic carbocycles. The number of hydrogen-bond acceptors (Lipinski definition) is 8. The van der Waals surface area contributed by atoms with E-state index in [-0.39, 0.29) is 24.5 Å². The normalized spacial score (nSPS) is 20.7. The maximum absolute atomic E-state index is 12.5. The highest BCUT2D eigenvalue weighted by molar-refractivity contribution is 5.97. The van der Waals surface area contributed by atoms with E-state index in [4.69, 9.17) is 14.7 Å². The van der Waals surface area contributed by atoms with Gasteiger partial charge in [0, 0.05) is 62.3 Å². The Morgan fingerprint density at radius 3 is 2.72 bits per heavy atom. The Bertz CT molecular complexity index is 1540. The molecule has 0 unspecified atom stereocenters. The van der Waals surface area contributed by atoms with Crippen LogP contribution in [-0.4, -0.2) is 90.7 Å². The number of aryl methyl sites for hydroxylation is 1. The van der Waals surface area contributed by atoms with Gasteiger partial charge in [-0.1, -0.05) is 36.9 Å². The zero-order valence-corrected chi connectivity index (χ0v) is 25.3. The predicted molar refractivity (Wildman–Crippen MR) is 169 cm³/mol. The number of benzene rings is 2. The molecule has 2 aromatic carbocycles. The summed E-state index contributed by atoms with van der Waals surface area (Å²) in [7, 11) is 2.13. The molecule has 6 rings (SSSR count). The average Bonchev–Trinajstić information content (AvgIpc) is 3.44. The minimum Gasteiger partial charge on any atom is -0.376 e. The fraction of sp³-hybridized carbons (Fsp3) is 0.471. The van der Waals surface area contributed by atoms with Crippen LogP contribution in [0.25, 0.3) is 10.8 Å².